The van der Waals surface area contributed by atoms with Gasteiger partial charge in [-0.2, -0.15) is 0 Å². The van der Waals surface area contributed by atoms with E-state index in [0.29, 0.717) is 18.7 Å². The minimum atomic E-state index is -0.307. The van der Waals surface area contributed by atoms with E-state index >= 15 is 0 Å². The predicted octanol–water partition coefficient (Wildman–Crippen LogP) is 2.17. The lowest BCUT2D eigenvalue weighted by Gasteiger charge is -2.11. The smallest absolute Gasteiger partial charge is 0.267 e. The van der Waals surface area contributed by atoms with Gasteiger partial charge in [-0.3, -0.25) is 10.2 Å². The molecule has 0 fully saturated rings. The summed E-state index contributed by atoms with van der Waals surface area (Å²) in [4.78, 5) is 11.6. The molecule has 5 heteroatoms. The zero-order valence-electron chi connectivity index (χ0n) is 11.7. The molecule has 2 aromatic carbocycles. The van der Waals surface area contributed by atoms with Crippen LogP contribution in [0.1, 0.15) is 16.8 Å². The number of carbonyl (C=O) groups is 1. The van der Waals surface area contributed by atoms with E-state index in [9.17, 15) is 4.79 Å². The molecule has 0 aliphatic carbocycles. The Kier molecular flexibility index (Phi) is 5.60. The number of nitrogen functional groups attached to an aromatic ring is 1. The number of hydrogen-bond acceptors (Lipinski definition) is 4. The van der Waals surface area contributed by atoms with Crippen molar-refractivity contribution in [1.82, 2.24) is 5.43 Å². The third kappa shape index (κ3) is 4.50. The molecule has 0 aliphatic heterocycles. The fourth-order valence-electron chi connectivity index (χ4n) is 1.91. The van der Waals surface area contributed by atoms with Crippen LogP contribution < -0.4 is 21.3 Å². The van der Waals surface area contributed by atoms with Crippen LogP contribution in [0.4, 0.5) is 5.69 Å². The molecule has 1 amide bonds. The topological polar surface area (TPSA) is 76.4 Å². The second kappa shape index (κ2) is 7.91. The Labute approximate surface area is 124 Å². The molecule has 0 heterocycles. The number of para-hydroxylation sites is 2. The number of amides is 1. The van der Waals surface area contributed by atoms with E-state index in [-0.39, 0.29) is 5.91 Å². The Bertz CT molecular complexity index is 573. The largest absolute Gasteiger partial charge is 0.494 e. The highest BCUT2D eigenvalue weighted by Gasteiger charge is 2.08. The van der Waals surface area contributed by atoms with Gasteiger partial charge in [0.25, 0.3) is 5.91 Å². The molecule has 0 saturated carbocycles. The molecule has 0 atom stereocenters. The van der Waals surface area contributed by atoms with Crippen LogP contribution in [0.25, 0.3) is 0 Å². The first-order valence-corrected chi connectivity index (χ1v) is 6.83. The van der Waals surface area contributed by atoms with E-state index in [4.69, 9.17) is 10.6 Å². The molecule has 0 bridgehead atoms. The summed E-state index contributed by atoms with van der Waals surface area (Å²) in [7, 11) is 0. The second-order valence-corrected chi connectivity index (χ2v) is 4.46. The number of benzene rings is 2. The predicted molar refractivity (Wildman–Crippen MR) is 83.1 cm³/mol. The van der Waals surface area contributed by atoms with E-state index in [1.54, 1.807) is 12.1 Å². The molecule has 0 aliphatic rings. The molecule has 2 rings (SSSR count). The molecular formula is C16H19N3O2. The Morgan fingerprint density at radius 2 is 1.76 bits per heavy atom. The highest BCUT2D eigenvalue weighted by atomic mass is 16.5. The zero-order chi connectivity index (χ0) is 14.9. The molecule has 2 aromatic rings. The average Bonchev–Trinajstić information content (AvgIpc) is 2.55. The van der Waals surface area contributed by atoms with Crippen molar-refractivity contribution in [2.45, 2.75) is 6.42 Å². The molecule has 0 unspecified atom stereocenters. The quantitative estimate of drug-likeness (QED) is 0.315. The molecule has 21 heavy (non-hydrogen) atoms. The summed E-state index contributed by atoms with van der Waals surface area (Å²) >= 11 is 0. The Morgan fingerprint density at radius 3 is 2.52 bits per heavy atom. The van der Waals surface area contributed by atoms with Gasteiger partial charge in [-0.25, -0.2) is 5.84 Å². The number of hydrazine groups is 1. The summed E-state index contributed by atoms with van der Waals surface area (Å²) in [5.41, 5.74) is 3.44. The third-order valence-corrected chi connectivity index (χ3v) is 2.95. The Morgan fingerprint density at radius 1 is 1.05 bits per heavy atom. The fraction of sp³-hybridized carbons (Fsp3) is 0.188. The molecule has 5 nitrogen and oxygen atoms in total. The molecule has 0 radical (unpaired) electrons. The van der Waals surface area contributed by atoms with Crippen LogP contribution >= 0.6 is 0 Å². The minimum absolute atomic E-state index is 0.307. The third-order valence-electron chi connectivity index (χ3n) is 2.95. The number of nitrogens with one attached hydrogen (secondary N) is 2. The molecule has 0 spiro atoms. The Balaban J connectivity index is 1.77. The van der Waals surface area contributed by atoms with Gasteiger partial charge in [-0.15, -0.1) is 0 Å². The van der Waals surface area contributed by atoms with Gasteiger partial charge in [0.2, 0.25) is 0 Å². The van der Waals surface area contributed by atoms with Crippen LogP contribution in [0, 0.1) is 0 Å². The van der Waals surface area contributed by atoms with Crippen molar-refractivity contribution < 1.29 is 9.53 Å². The van der Waals surface area contributed by atoms with Gasteiger partial charge in [-0.05, 0) is 30.7 Å². The van der Waals surface area contributed by atoms with Crippen molar-refractivity contribution in [3.63, 3.8) is 0 Å². The van der Waals surface area contributed by atoms with Gasteiger partial charge in [0.15, 0.2) is 0 Å². The number of nitrogens with two attached hydrogens (primary N) is 1. The van der Waals surface area contributed by atoms with Crippen molar-refractivity contribution in [3.05, 3.63) is 60.2 Å². The van der Waals surface area contributed by atoms with Crippen LogP contribution in [0.5, 0.6) is 5.75 Å². The molecule has 0 aromatic heterocycles. The maximum Gasteiger partial charge on any atom is 0.267 e. The lowest BCUT2D eigenvalue weighted by Crippen LogP contribution is -2.30. The van der Waals surface area contributed by atoms with E-state index in [1.165, 1.54) is 0 Å². The first-order valence-electron chi connectivity index (χ1n) is 6.83. The maximum absolute atomic E-state index is 11.6. The van der Waals surface area contributed by atoms with Crippen LogP contribution in [0.2, 0.25) is 0 Å². The molecule has 0 saturated heterocycles. The van der Waals surface area contributed by atoms with Gasteiger partial charge < -0.3 is 10.1 Å². The van der Waals surface area contributed by atoms with Crippen molar-refractivity contribution in [2.75, 3.05) is 18.5 Å². The second-order valence-electron chi connectivity index (χ2n) is 4.46. The average molecular weight is 285 g/mol. The van der Waals surface area contributed by atoms with Crippen LogP contribution in [-0.2, 0) is 0 Å². The zero-order valence-corrected chi connectivity index (χ0v) is 11.7. The summed E-state index contributed by atoms with van der Waals surface area (Å²) in [5.74, 6) is 5.72. The van der Waals surface area contributed by atoms with Crippen LogP contribution in [0.3, 0.4) is 0 Å². The van der Waals surface area contributed by atoms with Crippen LogP contribution in [-0.4, -0.2) is 19.1 Å². The summed E-state index contributed by atoms with van der Waals surface area (Å²) in [6.07, 6.45) is 0.827. The standard InChI is InChI=1S/C16H19N3O2/c17-19-16(20)14-9-4-5-10-15(14)18-11-6-12-21-13-7-2-1-3-8-13/h1-5,7-10,18H,6,11-12,17H2,(H,19,20). The van der Waals surface area contributed by atoms with Gasteiger partial charge in [-0.1, -0.05) is 30.3 Å². The molecule has 110 valence electrons. The normalized spacial score (nSPS) is 9.95. The lowest BCUT2D eigenvalue weighted by molar-refractivity contribution is 0.0954. The van der Waals surface area contributed by atoms with E-state index in [0.717, 1.165) is 17.9 Å². The number of anilines is 1. The minimum Gasteiger partial charge on any atom is -0.494 e. The number of rotatable bonds is 7. The first-order chi connectivity index (χ1) is 10.3. The number of hydrogen-bond donors (Lipinski definition) is 3. The Hall–Kier alpha value is -2.53. The van der Waals surface area contributed by atoms with Gasteiger partial charge in [0, 0.05) is 12.2 Å². The highest BCUT2D eigenvalue weighted by Crippen LogP contribution is 2.14. The van der Waals surface area contributed by atoms with E-state index in [2.05, 4.69) is 10.7 Å². The van der Waals surface area contributed by atoms with Gasteiger partial charge in [0.05, 0.1) is 12.2 Å². The van der Waals surface area contributed by atoms with E-state index < -0.39 is 0 Å². The van der Waals surface area contributed by atoms with Crippen LogP contribution in [0.15, 0.2) is 54.6 Å². The highest BCUT2D eigenvalue weighted by molar-refractivity contribution is 5.99. The van der Waals surface area contributed by atoms with Gasteiger partial charge >= 0.3 is 0 Å². The van der Waals surface area contributed by atoms with Gasteiger partial charge in [0.1, 0.15) is 5.75 Å². The summed E-state index contributed by atoms with van der Waals surface area (Å²) in [6.45, 7) is 1.32. The van der Waals surface area contributed by atoms with E-state index in [1.807, 2.05) is 42.5 Å². The van der Waals surface area contributed by atoms with Crippen molar-refractivity contribution in [1.29, 1.82) is 0 Å². The maximum atomic E-state index is 11.6. The first kappa shape index (κ1) is 14.9. The van der Waals surface area contributed by atoms with Crippen molar-refractivity contribution in [2.24, 2.45) is 5.84 Å². The molecular weight excluding hydrogens is 266 g/mol. The van der Waals surface area contributed by atoms with Crippen molar-refractivity contribution >= 4 is 11.6 Å². The van der Waals surface area contributed by atoms with Crippen molar-refractivity contribution in [3.8, 4) is 5.75 Å². The number of ether oxygens (including phenoxy) is 1. The lowest BCUT2D eigenvalue weighted by atomic mass is 10.1. The summed E-state index contributed by atoms with van der Waals surface area (Å²) in [5, 5.41) is 3.22. The summed E-state index contributed by atoms with van der Waals surface area (Å²) < 4.78 is 5.60. The fourth-order valence-corrected chi connectivity index (χ4v) is 1.91. The SMILES string of the molecule is NNC(=O)c1ccccc1NCCCOc1ccccc1. The monoisotopic (exact) mass is 285 g/mol. The summed E-state index contributed by atoms with van der Waals surface area (Å²) in [6, 6.07) is 16.9. The molecule has 4 N–H and O–H groups in total. The number of carbonyl (C=O) groups excluding carboxylic acids is 1.